The molecule has 0 atom stereocenters. The molecule has 0 saturated carbocycles. The lowest BCUT2D eigenvalue weighted by molar-refractivity contribution is -0.107. The number of hydrogen-bond donors (Lipinski definition) is 4. The van der Waals surface area contributed by atoms with Crippen molar-refractivity contribution in [2.24, 2.45) is 5.41 Å². The van der Waals surface area contributed by atoms with Crippen LogP contribution >= 0.6 is 11.6 Å². The molecule has 16 heteroatoms. The second kappa shape index (κ2) is 20.5. The van der Waals surface area contributed by atoms with Crippen molar-refractivity contribution in [3.63, 3.8) is 0 Å². The van der Waals surface area contributed by atoms with E-state index in [1.165, 1.54) is 87.6 Å². The number of aldehydes is 1. The topological polar surface area (TPSA) is 156 Å². The van der Waals surface area contributed by atoms with Crippen LogP contribution in [0.1, 0.15) is 73.0 Å². The molecule has 2 fully saturated rings. The molecule has 0 bridgehead atoms. The third-order valence-corrected chi connectivity index (χ3v) is 13.8. The molecule has 3 amide bonds. The standard InChI is InChI=1S/C52H57ClF2N8O5/c1-33-40(27-37(54)28-44(33)60-49(65)39-12-10-36(26-43(39)55)51(2,3)67)47-41-30-45(59-48(41)58-32-57-47)35-8-6-34(7-9-35)31-62-21-16-52(17-22-62)14-19-61(20-15-52)23-25-68-38-11-13-46(42(53)29-38)63(18-5-24-64)50(66)56-4/h6-13,24,26-30,32,67H,5,14-23,25,31H2,1-4H3,(H,56,66)(H,60,65)(H,57,58,59). The van der Waals surface area contributed by atoms with Crippen molar-refractivity contribution in [1.29, 1.82) is 0 Å². The quantitative estimate of drug-likeness (QED) is 0.0737. The summed E-state index contributed by atoms with van der Waals surface area (Å²) in [5.74, 6) is -1.51. The van der Waals surface area contributed by atoms with Crippen molar-refractivity contribution in [2.75, 3.05) is 63.1 Å². The van der Waals surface area contributed by atoms with Crippen molar-refractivity contribution in [3.05, 3.63) is 124 Å². The first-order chi connectivity index (χ1) is 32.6. The van der Waals surface area contributed by atoms with E-state index in [1.54, 1.807) is 25.1 Å². The van der Waals surface area contributed by atoms with Crippen LogP contribution in [-0.4, -0.2) is 101 Å². The SMILES string of the molecule is CNC(=O)N(CCC=O)c1ccc(OCCN2CCC3(CC2)CCN(Cc2ccc(-c4cc5c(-c6cc(F)cc(NC(=O)c7ccc(C(C)(C)O)cc7F)c6C)ncnc5[nH]4)cc2)CC3)cc1Cl. The van der Waals surface area contributed by atoms with Gasteiger partial charge in [-0.2, -0.15) is 0 Å². The first-order valence-corrected chi connectivity index (χ1v) is 23.4. The summed E-state index contributed by atoms with van der Waals surface area (Å²) in [5.41, 5.74) is 4.95. The normalized spacial score (nSPS) is 15.4. The molecule has 2 aliphatic rings. The molecular weight excluding hydrogens is 890 g/mol. The van der Waals surface area contributed by atoms with E-state index in [9.17, 15) is 19.5 Å². The fourth-order valence-corrected chi connectivity index (χ4v) is 9.63. The van der Waals surface area contributed by atoms with Gasteiger partial charge in [-0.05, 0) is 143 Å². The maximum Gasteiger partial charge on any atom is 0.321 e. The van der Waals surface area contributed by atoms with Gasteiger partial charge < -0.3 is 30.3 Å². The van der Waals surface area contributed by atoms with Gasteiger partial charge in [-0.3, -0.25) is 19.5 Å². The molecule has 13 nitrogen and oxygen atoms in total. The van der Waals surface area contributed by atoms with E-state index in [1.807, 2.05) is 6.07 Å². The van der Waals surface area contributed by atoms with Gasteiger partial charge in [0.1, 0.15) is 42.3 Å². The number of nitrogens with zero attached hydrogens (tertiary/aromatic N) is 5. The van der Waals surface area contributed by atoms with E-state index in [4.69, 9.17) is 16.3 Å². The van der Waals surface area contributed by atoms with Crippen LogP contribution in [0.4, 0.5) is 25.0 Å². The minimum atomic E-state index is -1.29. The Balaban J connectivity index is 0.833. The highest BCUT2D eigenvalue weighted by molar-refractivity contribution is 6.34. The molecule has 2 saturated heterocycles. The number of anilines is 2. The molecule has 8 rings (SSSR count). The number of nitrogens with one attached hydrogen (secondary N) is 3. The third kappa shape index (κ3) is 10.9. The number of amides is 3. The monoisotopic (exact) mass is 946 g/mol. The molecule has 0 aliphatic carbocycles. The van der Waals surface area contributed by atoms with Crippen molar-refractivity contribution in [2.45, 2.75) is 65.0 Å². The molecule has 4 aromatic carbocycles. The lowest BCUT2D eigenvalue weighted by atomic mass is 9.71. The number of carbonyl (C=O) groups excluding carboxylic acids is 3. The first kappa shape index (κ1) is 48.2. The van der Waals surface area contributed by atoms with Gasteiger partial charge in [0.25, 0.3) is 5.91 Å². The van der Waals surface area contributed by atoms with Crippen molar-refractivity contribution in [3.8, 4) is 28.3 Å². The number of fused-ring (bicyclic) bond motifs is 1. The minimum absolute atomic E-state index is 0.177. The van der Waals surface area contributed by atoms with Crippen LogP contribution in [0.3, 0.4) is 0 Å². The van der Waals surface area contributed by atoms with E-state index < -0.39 is 23.1 Å². The van der Waals surface area contributed by atoms with Crippen LogP contribution in [0.2, 0.25) is 5.02 Å². The van der Waals surface area contributed by atoms with E-state index in [2.05, 4.69) is 59.7 Å². The van der Waals surface area contributed by atoms with Gasteiger partial charge in [-0.1, -0.05) is 41.9 Å². The Hall–Kier alpha value is -6.26. The molecule has 6 aromatic rings. The molecule has 68 heavy (non-hydrogen) atoms. The largest absolute Gasteiger partial charge is 0.492 e. The maximum absolute atomic E-state index is 15.2. The molecule has 0 unspecified atom stereocenters. The summed E-state index contributed by atoms with van der Waals surface area (Å²) in [6, 6.07) is 21.8. The Labute approximate surface area is 399 Å². The fraction of sp³-hybridized carbons (Fsp3) is 0.365. The summed E-state index contributed by atoms with van der Waals surface area (Å²) in [4.78, 5) is 55.4. The van der Waals surface area contributed by atoms with E-state index in [0.717, 1.165) is 62.9 Å². The number of H-pyrrole nitrogens is 1. The van der Waals surface area contributed by atoms with Gasteiger partial charge >= 0.3 is 6.03 Å². The number of piperidine rings is 2. The smallest absolute Gasteiger partial charge is 0.321 e. The molecule has 4 N–H and O–H groups in total. The van der Waals surface area contributed by atoms with Crippen LogP contribution in [0.25, 0.3) is 33.5 Å². The molecule has 1 spiro atoms. The van der Waals surface area contributed by atoms with E-state index in [0.29, 0.717) is 61.9 Å². The molecule has 0 radical (unpaired) electrons. The Bertz CT molecular complexity index is 2800. The van der Waals surface area contributed by atoms with Gasteiger partial charge in [0.2, 0.25) is 0 Å². The number of hydrogen-bond acceptors (Lipinski definition) is 9. The lowest BCUT2D eigenvalue weighted by Gasteiger charge is -2.47. The highest BCUT2D eigenvalue weighted by Crippen LogP contribution is 2.42. The number of ether oxygens (including phenoxy) is 1. The summed E-state index contributed by atoms with van der Waals surface area (Å²) in [5, 5.41) is 16.6. The average molecular weight is 948 g/mol. The van der Waals surface area contributed by atoms with Gasteiger partial charge in [0.15, 0.2) is 0 Å². The van der Waals surface area contributed by atoms with Crippen LogP contribution in [-0.2, 0) is 16.9 Å². The number of carbonyl (C=O) groups is 3. The predicted octanol–water partition coefficient (Wildman–Crippen LogP) is 9.50. The third-order valence-electron chi connectivity index (χ3n) is 13.5. The highest BCUT2D eigenvalue weighted by atomic mass is 35.5. The molecule has 356 valence electrons. The Morgan fingerprint density at radius 3 is 2.34 bits per heavy atom. The van der Waals surface area contributed by atoms with E-state index >= 15 is 8.78 Å². The predicted molar refractivity (Wildman–Crippen MR) is 261 cm³/mol. The van der Waals surface area contributed by atoms with Gasteiger partial charge in [0.05, 0.1) is 27.6 Å². The number of aromatic amines is 1. The van der Waals surface area contributed by atoms with Crippen molar-refractivity contribution < 1.29 is 33.0 Å². The number of urea groups is 1. The zero-order valence-corrected chi connectivity index (χ0v) is 39.6. The van der Waals surface area contributed by atoms with E-state index in [-0.39, 0.29) is 30.2 Å². The summed E-state index contributed by atoms with van der Waals surface area (Å²) in [6.45, 7) is 11.4. The van der Waals surface area contributed by atoms with Crippen LogP contribution in [0.15, 0.2) is 85.2 Å². The summed E-state index contributed by atoms with van der Waals surface area (Å²) >= 11 is 6.54. The van der Waals surface area contributed by atoms with Gasteiger partial charge in [-0.25, -0.2) is 23.5 Å². The second-order valence-electron chi connectivity index (χ2n) is 18.4. The fourth-order valence-electron chi connectivity index (χ4n) is 9.36. The average Bonchev–Trinajstić information content (AvgIpc) is 3.77. The Morgan fingerprint density at radius 2 is 1.68 bits per heavy atom. The molecule has 2 aliphatic heterocycles. The highest BCUT2D eigenvalue weighted by Gasteiger charge is 2.37. The minimum Gasteiger partial charge on any atom is -0.492 e. The maximum atomic E-state index is 15.2. The van der Waals surface area contributed by atoms with Crippen LogP contribution < -0.4 is 20.3 Å². The number of aromatic nitrogens is 3. The van der Waals surface area contributed by atoms with Crippen LogP contribution in [0, 0.1) is 24.0 Å². The number of rotatable bonds is 15. The number of benzene rings is 4. The molecular formula is C52H57ClF2N8O5. The van der Waals surface area contributed by atoms with Crippen molar-refractivity contribution in [1.82, 2.24) is 30.1 Å². The summed E-state index contributed by atoms with van der Waals surface area (Å²) < 4.78 is 36.3. The molecule has 2 aromatic heterocycles. The van der Waals surface area contributed by atoms with Gasteiger partial charge in [0, 0.05) is 61.5 Å². The second-order valence-corrected chi connectivity index (χ2v) is 18.8. The number of aliphatic hydroxyl groups is 1. The number of halogens is 3. The summed E-state index contributed by atoms with van der Waals surface area (Å²) in [7, 11) is 1.54. The van der Waals surface area contributed by atoms with Crippen LogP contribution in [0.5, 0.6) is 5.75 Å². The lowest BCUT2D eigenvalue weighted by Crippen LogP contribution is -2.47. The van der Waals surface area contributed by atoms with Gasteiger partial charge in [-0.15, -0.1) is 0 Å². The zero-order valence-electron chi connectivity index (χ0n) is 38.8. The molecule has 4 heterocycles. The van der Waals surface area contributed by atoms with Crippen molar-refractivity contribution >= 4 is 52.2 Å². The summed E-state index contributed by atoms with van der Waals surface area (Å²) in [6.07, 6.45) is 7.08. The Morgan fingerprint density at radius 1 is 0.956 bits per heavy atom. The number of likely N-dealkylation sites (tertiary alicyclic amines) is 2. The first-order valence-electron chi connectivity index (χ1n) is 23.0. The Kier molecular flexibility index (Phi) is 14.6. The zero-order chi connectivity index (χ0) is 48.2.